The van der Waals surface area contributed by atoms with Crippen LogP contribution < -0.4 is 18.9 Å². The van der Waals surface area contributed by atoms with Crippen molar-refractivity contribution in [3.63, 3.8) is 0 Å². The van der Waals surface area contributed by atoms with Gasteiger partial charge in [0.1, 0.15) is 34.1 Å². The fourth-order valence-corrected chi connectivity index (χ4v) is 5.22. The SMILES string of the molecule is CCCCOc1ccc(Oc2c(C(=O)O)c(C(O)=Nc3ccccc3)c(Oc3ccc(OCCCC)cc3)c(C(O)=Nc3ccccc3)c2C(=O)O)cc1. The van der Waals surface area contributed by atoms with E-state index in [0.717, 1.165) is 25.7 Å². The molecule has 0 radical (unpaired) electrons. The number of ether oxygens (including phenoxy) is 4. The second kappa shape index (κ2) is 18.6. The number of hydrogen-bond acceptors (Lipinski definition) is 8. The minimum atomic E-state index is -1.69. The summed E-state index contributed by atoms with van der Waals surface area (Å²) < 4.78 is 23.8. The van der Waals surface area contributed by atoms with E-state index in [-0.39, 0.29) is 22.9 Å². The van der Waals surface area contributed by atoms with Gasteiger partial charge in [0.2, 0.25) is 11.8 Å². The number of benzene rings is 5. The highest BCUT2D eigenvalue weighted by Crippen LogP contribution is 2.44. The summed E-state index contributed by atoms with van der Waals surface area (Å²) in [5.41, 5.74) is -2.31. The monoisotopic (exact) mass is 732 g/mol. The topological polar surface area (TPSA) is 177 Å². The molecule has 0 bridgehead atoms. The molecule has 5 aromatic rings. The van der Waals surface area contributed by atoms with Crippen molar-refractivity contribution in [2.45, 2.75) is 39.5 Å². The molecule has 12 nitrogen and oxygen atoms in total. The van der Waals surface area contributed by atoms with Crippen molar-refractivity contribution < 1.29 is 49.0 Å². The number of carbonyl (C=O) groups is 2. The van der Waals surface area contributed by atoms with Crippen LogP contribution in [0.5, 0.6) is 34.5 Å². The second-order valence-corrected chi connectivity index (χ2v) is 11.9. The molecule has 0 atom stereocenters. The first-order valence-corrected chi connectivity index (χ1v) is 17.4. The van der Waals surface area contributed by atoms with E-state index in [4.69, 9.17) is 18.9 Å². The molecule has 0 heterocycles. The van der Waals surface area contributed by atoms with Crippen LogP contribution in [0.3, 0.4) is 0 Å². The average molecular weight is 733 g/mol. The molecule has 0 aliphatic carbocycles. The number of carboxylic acids is 2. The summed E-state index contributed by atoms with van der Waals surface area (Å²) in [6, 6.07) is 28.7. The third-order valence-electron chi connectivity index (χ3n) is 7.89. The van der Waals surface area contributed by atoms with Crippen LogP contribution in [0.4, 0.5) is 11.4 Å². The maximum atomic E-state index is 13.3. The van der Waals surface area contributed by atoms with Gasteiger partial charge in [0.05, 0.1) is 35.7 Å². The smallest absolute Gasteiger partial charge is 0.340 e. The number of aliphatic hydroxyl groups excluding tert-OH is 2. The summed E-state index contributed by atoms with van der Waals surface area (Å²) in [5, 5.41) is 45.0. The minimum absolute atomic E-state index is 0.0334. The van der Waals surface area contributed by atoms with Crippen molar-refractivity contribution in [1.29, 1.82) is 0 Å². The van der Waals surface area contributed by atoms with Crippen molar-refractivity contribution in [3.8, 4) is 34.5 Å². The maximum Gasteiger partial charge on any atom is 0.340 e. The molecule has 0 fully saturated rings. The zero-order valence-corrected chi connectivity index (χ0v) is 29.8. The number of unbranched alkanes of at least 4 members (excludes halogenated alkanes) is 2. The average Bonchev–Trinajstić information content (AvgIpc) is 3.17. The van der Waals surface area contributed by atoms with Gasteiger partial charge >= 0.3 is 11.9 Å². The summed E-state index contributed by atoms with van der Waals surface area (Å²) in [7, 11) is 0. The number of hydrogen-bond donors (Lipinski definition) is 4. The minimum Gasteiger partial charge on any atom is -0.494 e. The summed E-state index contributed by atoms with van der Waals surface area (Å²) in [5.74, 6) is -5.25. The Morgan fingerprint density at radius 1 is 0.481 bits per heavy atom. The lowest BCUT2D eigenvalue weighted by Gasteiger charge is -2.22. The quantitative estimate of drug-likeness (QED) is 0.0385. The number of nitrogens with zero attached hydrogens (tertiary/aromatic N) is 2. The number of rotatable bonds is 18. The fourth-order valence-electron chi connectivity index (χ4n) is 5.22. The highest BCUT2D eigenvalue weighted by atomic mass is 16.5. The highest BCUT2D eigenvalue weighted by Gasteiger charge is 2.38. The van der Waals surface area contributed by atoms with Gasteiger partial charge in [-0.3, -0.25) is 0 Å². The van der Waals surface area contributed by atoms with Gasteiger partial charge in [-0.15, -0.1) is 0 Å². The first-order chi connectivity index (χ1) is 26.2. The van der Waals surface area contributed by atoms with Gasteiger partial charge in [-0.25, -0.2) is 19.6 Å². The van der Waals surface area contributed by atoms with E-state index in [2.05, 4.69) is 9.98 Å². The molecular weight excluding hydrogens is 692 g/mol. The van der Waals surface area contributed by atoms with Crippen molar-refractivity contribution >= 4 is 35.1 Å². The van der Waals surface area contributed by atoms with E-state index in [1.807, 2.05) is 13.8 Å². The molecule has 5 rings (SSSR count). The molecule has 4 N–H and O–H groups in total. The van der Waals surface area contributed by atoms with E-state index in [1.165, 1.54) is 24.3 Å². The molecule has 0 spiro atoms. The van der Waals surface area contributed by atoms with Gasteiger partial charge in [-0.05, 0) is 85.6 Å². The standard InChI is InChI=1S/C42H40N2O10/c1-3-5-25-51-29-17-21-31(22-18-29)53-37-33(39(45)43-27-13-9-7-10-14-27)35(41(47)48)38(54-32-23-19-30(20-24-32)52-26-6-4-2)36(42(49)50)34(37)40(46)44-28-15-11-8-12-16-28/h7-24H,3-6,25-26H2,1-2H3,(H,43,45)(H,44,46)(H,47,48)(H,49,50). The third-order valence-corrected chi connectivity index (χ3v) is 7.89. The van der Waals surface area contributed by atoms with Crippen molar-refractivity contribution in [2.24, 2.45) is 9.98 Å². The molecule has 12 heteroatoms. The van der Waals surface area contributed by atoms with E-state index >= 15 is 0 Å². The summed E-state index contributed by atoms with van der Waals surface area (Å²) in [4.78, 5) is 35.1. The second-order valence-electron chi connectivity index (χ2n) is 11.9. The maximum absolute atomic E-state index is 13.3. The van der Waals surface area contributed by atoms with Gasteiger partial charge in [-0.1, -0.05) is 63.1 Å². The first kappa shape index (κ1) is 38.4. The Hall–Kier alpha value is -6.82. The van der Waals surface area contributed by atoms with Gasteiger partial charge in [0.25, 0.3) is 0 Å². The van der Waals surface area contributed by atoms with Crippen LogP contribution in [0.15, 0.2) is 119 Å². The van der Waals surface area contributed by atoms with Crippen molar-refractivity contribution in [1.82, 2.24) is 0 Å². The summed E-state index contributed by atoms with van der Waals surface area (Å²) in [6.07, 6.45) is 3.54. The number of aromatic carboxylic acids is 2. The molecule has 278 valence electrons. The third kappa shape index (κ3) is 9.73. The lowest BCUT2D eigenvalue weighted by Crippen LogP contribution is -2.21. The predicted molar refractivity (Wildman–Crippen MR) is 205 cm³/mol. The Bertz CT molecular complexity index is 2000. The van der Waals surface area contributed by atoms with Crippen LogP contribution in [0.1, 0.15) is 71.4 Å². The van der Waals surface area contributed by atoms with Gasteiger partial charge < -0.3 is 39.4 Å². The van der Waals surface area contributed by atoms with Crippen LogP contribution in [-0.4, -0.2) is 57.4 Å². The van der Waals surface area contributed by atoms with E-state index in [1.54, 1.807) is 84.9 Å². The molecule has 0 aliphatic heterocycles. The van der Waals surface area contributed by atoms with E-state index in [9.17, 15) is 30.0 Å². The molecule has 0 amide bonds. The van der Waals surface area contributed by atoms with Crippen molar-refractivity contribution in [2.75, 3.05) is 13.2 Å². The van der Waals surface area contributed by atoms with E-state index in [0.29, 0.717) is 24.7 Å². The Labute approximate surface area is 312 Å². The van der Waals surface area contributed by atoms with Crippen LogP contribution in [0, 0.1) is 0 Å². The van der Waals surface area contributed by atoms with E-state index < -0.39 is 57.5 Å². The molecule has 0 unspecified atom stereocenters. The zero-order chi connectivity index (χ0) is 38.5. The van der Waals surface area contributed by atoms with Gasteiger partial charge in [-0.2, -0.15) is 0 Å². The highest BCUT2D eigenvalue weighted by molar-refractivity contribution is 6.17. The van der Waals surface area contributed by atoms with Gasteiger partial charge in [0.15, 0.2) is 11.5 Å². The van der Waals surface area contributed by atoms with Gasteiger partial charge in [0, 0.05) is 0 Å². The molecule has 5 aromatic carbocycles. The molecular formula is C42H40N2O10. The van der Waals surface area contributed by atoms with Crippen LogP contribution in [0.2, 0.25) is 0 Å². The Morgan fingerprint density at radius 2 is 0.815 bits per heavy atom. The fraction of sp³-hybridized carbons (Fsp3) is 0.190. The Balaban J connectivity index is 1.81. The number of carboxylic acid groups (broad SMARTS) is 2. The Kier molecular flexibility index (Phi) is 13.2. The lowest BCUT2D eigenvalue weighted by molar-refractivity contribution is 0.0690. The zero-order valence-electron chi connectivity index (χ0n) is 29.8. The molecule has 0 saturated heterocycles. The first-order valence-electron chi connectivity index (χ1n) is 17.4. The van der Waals surface area contributed by atoms with Crippen LogP contribution in [-0.2, 0) is 0 Å². The number of aliphatic imine (C=N–C) groups is 2. The van der Waals surface area contributed by atoms with Crippen molar-refractivity contribution in [3.05, 3.63) is 131 Å². The lowest BCUT2D eigenvalue weighted by atomic mass is 9.93. The van der Waals surface area contributed by atoms with Crippen LogP contribution >= 0.6 is 0 Å². The molecule has 0 aliphatic rings. The summed E-state index contributed by atoms with van der Waals surface area (Å²) in [6.45, 7) is 5.03. The molecule has 54 heavy (non-hydrogen) atoms. The van der Waals surface area contributed by atoms with Crippen LogP contribution in [0.25, 0.3) is 0 Å². The summed E-state index contributed by atoms with van der Waals surface area (Å²) >= 11 is 0. The largest absolute Gasteiger partial charge is 0.494 e. The molecule has 0 aromatic heterocycles. The number of para-hydroxylation sites is 2. The Morgan fingerprint density at radius 3 is 1.15 bits per heavy atom. The normalized spacial score (nSPS) is 11.5. The number of aliphatic hydroxyl groups is 2. The predicted octanol–water partition coefficient (Wildman–Crippen LogP) is 10.3. The molecule has 0 saturated carbocycles.